The number of hydrogen-bond acceptors (Lipinski definition) is 3. The SMILES string of the molecule is O=C(O)c1nn(C(=O)c2ccc(C(F)(F)F)cc2)c2ccccc12. The zero-order valence-electron chi connectivity index (χ0n) is 11.9. The van der Waals surface area contributed by atoms with Gasteiger partial charge in [-0.3, -0.25) is 4.79 Å². The minimum atomic E-state index is -4.50. The van der Waals surface area contributed by atoms with Gasteiger partial charge in [-0.25, -0.2) is 4.79 Å². The highest BCUT2D eigenvalue weighted by Gasteiger charge is 2.30. The highest BCUT2D eigenvalue weighted by atomic mass is 19.4. The summed E-state index contributed by atoms with van der Waals surface area (Å²) in [5.74, 6) is -2.02. The van der Waals surface area contributed by atoms with Crippen molar-refractivity contribution < 1.29 is 27.9 Å². The molecule has 2 aromatic carbocycles. The molecule has 0 fully saturated rings. The van der Waals surface area contributed by atoms with Gasteiger partial charge < -0.3 is 5.11 Å². The molecule has 24 heavy (non-hydrogen) atoms. The molecular formula is C16H9F3N2O3. The van der Waals surface area contributed by atoms with Crippen molar-refractivity contribution in [3.63, 3.8) is 0 Å². The van der Waals surface area contributed by atoms with E-state index < -0.39 is 23.6 Å². The van der Waals surface area contributed by atoms with Gasteiger partial charge in [0.25, 0.3) is 5.91 Å². The van der Waals surface area contributed by atoms with E-state index in [1.165, 1.54) is 12.1 Å². The van der Waals surface area contributed by atoms with E-state index in [2.05, 4.69) is 5.10 Å². The van der Waals surface area contributed by atoms with Gasteiger partial charge in [-0.15, -0.1) is 0 Å². The van der Waals surface area contributed by atoms with Gasteiger partial charge >= 0.3 is 12.1 Å². The molecule has 0 spiro atoms. The van der Waals surface area contributed by atoms with Crippen LogP contribution in [0, 0.1) is 0 Å². The second kappa shape index (κ2) is 5.48. The Balaban J connectivity index is 2.08. The van der Waals surface area contributed by atoms with Crippen LogP contribution >= 0.6 is 0 Å². The molecule has 122 valence electrons. The standard InChI is InChI=1S/C16H9F3N2O3/c17-16(18,19)10-7-5-9(6-8-10)14(22)21-12-4-2-1-3-11(12)13(20-21)15(23)24/h1-8H,(H,23,24). The van der Waals surface area contributed by atoms with Gasteiger partial charge in [-0.2, -0.15) is 23.0 Å². The lowest BCUT2D eigenvalue weighted by Gasteiger charge is -2.07. The molecule has 8 heteroatoms. The molecule has 0 aliphatic carbocycles. The van der Waals surface area contributed by atoms with Crippen molar-refractivity contribution in [1.29, 1.82) is 0 Å². The van der Waals surface area contributed by atoms with Crippen molar-refractivity contribution in [2.24, 2.45) is 0 Å². The summed E-state index contributed by atoms with van der Waals surface area (Å²) in [5, 5.41) is 13.2. The predicted molar refractivity (Wildman–Crippen MR) is 77.9 cm³/mol. The monoisotopic (exact) mass is 334 g/mol. The first-order valence-corrected chi connectivity index (χ1v) is 6.72. The molecule has 5 nitrogen and oxygen atoms in total. The maximum Gasteiger partial charge on any atom is 0.416 e. The van der Waals surface area contributed by atoms with E-state index in [1.54, 1.807) is 12.1 Å². The summed E-state index contributed by atoms with van der Waals surface area (Å²) in [7, 11) is 0. The fraction of sp³-hybridized carbons (Fsp3) is 0.0625. The average molecular weight is 334 g/mol. The van der Waals surface area contributed by atoms with Gasteiger partial charge in [0.1, 0.15) is 0 Å². The van der Waals surface area contributed by atoms with Gasteiger partial charge in [0.15, 0.2) is 5.69 Å². The topological polar surface area (TPSA) is 72.2 Å². The largest absolute Gasteiger partial charge is 0.476 e. The number of halogens is 3. The number of benzene rings is 2. The van der Waals surface area contributed by atoms with E-state index in [1.807, 2.05) is 0 Å². The molecule has 1 heterocycles. The number of nitrogens with zero attached hydrogens (tertiary/aromatic N) is 2. The smallest absolute Gasteiger partial charge is 0.416 e. The maximum atomic E-state index is 12.6. The van der Waals surface area contributed by atoms with Crippen molar-refractivity contribution >= 4 is 22.8 Å². The fourth-order valence-electron chi connectivity index (χ4n) is 2.30. The van der Waals surface area contributed by atoms with Crippen LogP contribution in [0.1, 0.15) is 26.4 Å². The molecule has 0 aliphatic rings. The maximum absolute atomic E-state index is 12.6. The van der Waals surface area contributed by atoms with Crippen LogP contribution < -0.4 is 0 Å². The number of para-hydroxylation sites is 1. The summed E-state index contributed by atoms with van der Waals surface area (Å²) in [6.07, 6.45) is -4.50. The van der Waals surface area contributed by atoms with E-state index in [0.717, 1.165) is 28.9 Å². The molecule has 0 bridgehead atoms. The number of carbonyl (C=O) groups excluding carboxylic acids is 1. The van der Waals surface area contributed by atoms with Crippen molar-refractivity contribution in [3.8, 4) is 0 Å². The Kier molecular flexibility index (Phi) is 3.59. The van der Waals surface area contributed by atoms with Crippen LogP contribution in [-0.4, -0.2) is 26.8 Å². The van der Waals surface area contributed by atoms with E-state index in [-0.39, 0.29) is 22.2 Å². The Morgan fingerprint density at radius 2 is 1.62 bits per heavy atom. The van der Waals surface area contributed by atoms with Crippen LogP contribution in [0.25, 0.3) is 10.9 Å². The number of carbonyl (C=O) groups is 2. The first kappa shape index (κ1) is 15.7. The summed E-state index contributed by atoms with van der Waals surface area (Å²) in [5.41, 5.74) is -0.950. The zero-order valence-corrected chi connectivity index (χ0v) is 11.9. The number of rotatable bonds is 2. The van der Waals surface area contributed by atoms with Gasteiger partial charge in [0, 0.05) is 10.9 Å². The summed E-state index contributed by atoms with van der Waals surface area (Å²) < 4.78 is 38.6. The molecule has 0 amide bonds. The van der Waals surface area contributed by atoms with E-state index in [4.69, 9.17) is 5.11 Å². The van der Waals surface area contributed by atoms with Crippen molar-refractivity contribution in [3.05, 3.63) is 65.4 Å². The third-order valence-corrected chi connectivity index (χ3v) is 3.44. The Morgan fingerprint density at radius 1 is 1.00 bits per heavy atom. The third kappa shape index (κ3) is 2.62. The van der Waals surface area contributed by atoms with Crippen molar-refractivity contribution in [2.45, 2.75) is 6.18 Å². The lowest BCUT2D eigenvalue weighted by Crippen LogP contribution is -2.15. The highest BCUT2D eigenvalue weighted by molar-refractivity contribution is 6.07. The Bertz CT molecular complexity index is 943. The number of carboxylic acid groups (broad SMARTS) is 1. The Labute approximate surface area is 132 Å². The summed E-state index contributed by atoms with van der Waals surface area (Å²) >= 11 is 0. The summed E-state index contributed by atoms with van der Waals surface area (Å²) in [6.45, 7) is 0. The quantitative estimate of drug-likeness (QED) is 0.779. The molecule has 0 unspecified atom stereocenters. The fourth-order valence-corrected chi connectivity index (χ4v) is 2.30. The molecule has 3 aromatic rings. The van der Waals surface area contributed by atoms with Crippen LogP contribution in [0.4, 0.5) is 13.2 Å². The number of aromatic nitrogens is 2. The van der Waals surface area contributed by atoms with Crippen LogP contribution in [0.5, 0.6) is 0 Å². The lowest BCUT2D eigenvalue weighted by molar-refractivity contribution is -0.137. The molecular weight excluding hydrogens is 325 g/mol. The second-order valence-electron chi connectivity index (χ2n) is 4.96. The number of fused-ring (bicyclic) bond motifs is 1. The molecule has 0 atom stereocenters. The Morgan fingerprint density at radius 3 is 2.21 bits per heavy atom. The molecule has 0 saturated carbocycles. The number of aromatic carboxylic acids is 1. The Hall–Kier alpha value is -3.16. The molecule has 1 aromatic heterocycles. The molecule has 0 radical (unpaired) electrons. The van der Waals surface area contributed by atoms with E-state index in [9.17, 15) is 22.8 Å². The van der Waals surface area contributed by atoms with Gasteiger partial charge in [0.05, 0.1) is 11.1 Å². The number of carboxylic acids is 1. The van der Waals surface area contributed by atoms with Gasteiger partial charge in [-0.1, -0.05) is 18.2 Å². The van der Waals surface area contributed by atoms with Crippen LogP contribution in [0.15, 0.2) is 48.5 Å². The van der Waals surface area contributed by atoms with Gasteiger partial charge in [-0.05, 0) is 30.3 Å². The van der Waals surface area contributed by atoms with Crippen molar-refractivity contribution in [1.82, 2.24) is 9.78 Å². The average Bonchev–Trinajstić information content (AvgIpc) is 2.93. The molecule has 1 N–H and O–H groups in total. The molecule has 3 rings (SSSR count). The highest BCUT2D eigenvalue weighted by Crippen LogP contribution is 2.29. The van der Waals surface area contributed by atoms with E-state index in [0.29, 0.717) is 0 Å². The summed E-state index contributed by atoms with van der Waals surface area (Å²) in [4.78, 5) is 23.7. The number of hydrogen-bond donors (Lipinski definition) is 1. The zero-order chi connectivity index (χ0) is 17.5. The second-order valence-corrected chi connectivity index (χ2v) is 4.96. The molecule has 0 saturated heterocycles. The first-order valence-electron chi connectivity index (χ1n) is 6.72. The molecule has 0 aliphatic heterocycles. The van der Waals surface area contributed by atoms with Crippen molar-refractivity contribution in [2.75, 3.05) is 0 Å². The van der Waals surface area contributed by atoms with E-state index >= 15 is 0 Å². The van der Waals surface area contributed by atoms with Crippen LogP contribution in [0.2, 0.25) is 0 Å². The van der Waals surface area contributed by atoms with Gasteiger partial charge in [0.2, 0.25) is 0 Å². The minimum absolute atomic E-state index is 0.0341. The first-order chi connectivity index (χ1) is 11.3. The van der Waals surface area contributed by atoms with Crippen LogP contribution in [-0.2, 0) is 6.18 Å². The predicted octanol–water partition coefficient (Wildman–Crippen LogP) is 3.44. The minimum Gasteiger partial charge on any atom is -0.476 e. The lowest BCUT2D eigenvalue weighted by atomic mass is 10.1. The third-order valence-electron chi connectivity index (χ3n) is 3.44. The van der Waals surface area contributed by atoms with Crippen LogP contribution in [0.3, 0.4) is 0 Å². The number of alkyl halides is 3. The summed E-state index contributed by atoms with van der Waals surface area (Å²) in [6, 6.07) is 9.85. The normalized spacial score (nSPS) is 11.6.